The van der Waals surface area contributed by atoms with E-state index in [0.717, 1.165) is 5.56 Å². The van der Waals surface area contributed by atoms with Gasteiger partial charge in [-0.15, -0.1) is 0 Å². The molecule has 0 atom stereocenters. The topological polar surface area (TPSA) is 101 Å². The summed E-state index contributed by atoms with van der Waals surface area (Å²) in [4.78, 5) is 40.1. The SMILES string of the molecule is O=C(CCCc1nc2ccccc2c(=O)[nH]1)Nc1cnc(-c2ccccc2)nc1. The monoisotopic (exact) mass is 385 g/mol. The summed E-state index contributed by atoms with van der Waals surface area (Å²) in [5, 5.41) is 3.35. The van der Waals surface area contributed by atoms with Crippen molar-refractivity contribution in [1.29, 1.82) is 0 Å². The molecule has 0 saturated carbocycles. The largest absolute Gasteiger partial charge is 0.323 e. The van der Waals surface area contributed by atoms with Crippen LogP contribution in [0.5, 0.6) is 0 Å². The van der Waals surface area contributed by atoms with Gasteiger partial charge in [-0.3, -0.25) is 9.59 Å². The highest BCUT2D eigenvalue weighted by Crippen LogP contribution is 2.15. The maximum atomic E-state index is 12.2. The molecule has 4 aromatic rings. The normalized spacial score (nSPS) is 10.8. The predicted octanol–water partition coefficient (Wildman–Crippen LogP) is 3.34. The number of aromatic nitrogens is 4. The summed E-state index contributed by atoms with van der Waals surface area (Å²) in [6.45, 7) is 0. The minimum atomic E-state index is -0.161. The van der Waals surface area contributed by atoms with Gasteiger partial charge in [0.15, 0.2) is 5.82 Å². The highest BCUT2D eigenvalue weighted by molar-refractivity contribution is 5.90. The van der Waals surface area contributed by atoms with Crippen LogP contribution in [0.4, 0.5) is 5.69 Å². The Labute approximate surface area is 166 Å². The average molecular weight is 385 g/mol. The maximum Gasteiger partial charge on any atom is 0.258 e. The number of anilines is 1. The lowest BCUT2D eigenvalue weighted by Crippen LogP contribution is -2.14. The molecule has 2 aromatic heterocycles. The maximum absolute atomic E-state index is 12.2. The molecule has 7 heteroatoms. The van der Waals surface area contributed by atoms with E-state index in [1.165, 1.54) is 0 Å². The zero-order valence-electron chi connectivity index (χ0n) is 15.6. The summed E-state index contributed by atoms with van der Waals surface area (Å²) in [6, 6.07) is 16.8. The molecule has 7 nitrogen and oxygen atoms in total. The van der Waals surface area contributed by atoms with Gasteiger partial charge in [-0.05, 0) is 18.6 Å². The number of carbonyl (C=O) groups is 1. The highest BCUT2D eigenvalue weighted by atomic mass is 16.1. The van der Waals surface area contributed by atoms with E-state index < -0.39 is 0 Å². The first-order valence-corrected chi connectivity index (χ1v) is 9.34. The van der Waals surface area contributed by atoms with Gasteiger partial charge in [-0.1, -0.05) is 42.5 Å². The molecule has 1 amide bonds. The van der Waals surface area contributed by atoms with Crippen LogP contribution < -0.4 is 10.9 Å². The molecule has 2 N–H and O–H groups in total. The van der Waals surface area contributed by atoms with E-state index in [-0.39, 0.29) is 11.5 Å². The Morgan fingerprint density at radius 3 is 2.48 bits per heavy atom. The van der Waals surface area contributed by atoms with Crippen LogP contribution in [0.15, 0.2) is 71.8 Å². The third-order valence-corrected chi connectivity index (χ3v) is 4.45. The summed E-state index contributed by atoms with van der Waals surface area (Å²) < 4.78 is 0. The molecule has 0 aliphatic carbocycles. The van der Waals surface area contributed by atoms with Crippen molar-refractivity contribution in [2.45, 2.75) is 19.3 Å². The van der Waals surface area contributed by atoms with Gasteiger partial charge in [-0.25, -0.2) is 15.0 Å². The van der Waals surface area contributed by atoms with Crippen molar-refractivity contribution in [3.05, 3.63) is 83.2 Å². The number of H-pyrrole nitrogens is 1. The fourth-order valence-corrected chi connectivity index (χ4v) is 3.02. The van der Waals surface area contributed by atoms with Crippen LogP contribution in [0, 0.1) is 0 Å². The third kappa shape index (κ3) is 4.52. The molecule has 4 rings (SSSR count). The first kappa shape index (κ1) is 18.5. The molecular formula is C22H19N5O2. The number of carbonyl (C=O) groups excluding carboxylic acids is 1. The molecule has 144 valence electrons. The zero-order chi connectivity index (χ0) is 20.1. The molecule has 0 spiro atoms. The number of rotatable bonds is 6. The number of nitrogens with one attached hydrogen (secondary N) is 2. The Morgan fingerprint density at radius 2 is 1.69 bits per heavy atom. The van der Waals surface area contributed by atoms with E-state index >= 15 is 0 Å². The summed E-state index contributed by atoms with van der Waals surface area (Å²) in [5.74, 6) is 1.05. The molecule has 0 fully saturated rings. The van der Waals surface area contributed by atoms with Crippen LogP contribution in [-0.4, -0.2) is 25.8 Å². The van der Waals surface area contributed by atoms with E-state index in [0.29, 0.717) is 47.5 Å². The second-order valence-electron chi connectivity index (χ2n) is 6.59. The Kier molecular flexibility index (Phi) is 5.38. The van der Waals surface area contributed by atoms with Gasteiger partial charge < -0.3 is 10.3 Å². The number of aryl methyl sites for hydroxylation is 1. The van der Waals surface area contributed by atoms with Crippen molar-refractivity contribution in [2.24, 2.45) is 0 Å². The number of para-hydroxylation sites is 1. The number of nitrogens with zero attached hydrogens (tertiary/aromatic N) is 3. The molecule has 0 aliphatic heterocycles. The molecule has 0 aliphatic rings. The fourth-order valence-electron chi connectivity index (χ4n) is 3.02. The number of amides is 1. The van der Waals surface area contributed by atoms with Crippen LogP contribution in [0.25, 0.3) is 22.3 Å². The van der Waals surface area contributed by atoms with Gasteiger partial charge in [0, 0.05) is 18.4 Å². The summed E-state index contributed by atoms with van der Waals surface area (Å²) in [5.41, 5.74) is 1.96. The van der Waals surface area contributed by atoms with Gasteiger partial charge >= 0.3 is 0 Å². The Bertz CT molecular complexity index is 1190. The Hall–Kier alpha value is -3.87. The first-order chi connectivity index (χ1) is 14.2. The average Bonchev–Trinajstić information content (AvgIpc) is 2.75. The van der Waals surface area contributed by atoms with Crippen molar-refractivity contribution in [1.82, 2.24) is 19.9 Å². The van der Waals surface area contributed by atoms with Crippen LogP contribution in [-0.2, 0) is 11.2 Å². The molecular weight excluding hydrogens is 366 g/mol. The van der Waals surface area contributed by atoms with E-state index in [9.17, 15) is 9.59 Å². The van der Waals surface area contributed by atoms with Gasteiger partial charge in [0.05, 0.1) is 29.0 Å². The number of fused-ring (bicyclic) bond motifs is 1. The number of benzene rings is 2. The van der Waals surface area contributed by atoms with E-state index in [2.05, 4.69) is 25.3 Å². The van der Waals surface area contributed by atoms with Crippen LogP contribution >= 0.6 is 0 Å². The lowest BCUT2D eigenvalue weighted by Gasteiger charge is -2.06. The van der Waals surface area contributed by atoms with Crippen LogP contribution in [0.2, 0.25) is 0 Å². The quantitative estimate of drug-likeness (QED) is 0.530. The van der Waals surface area contributed by atoms with Gasteiger partial charge in [0.2, 0.25) is 5.91 Å². The Balaban J connectivity index is 1.32. The fraction of sp³-hybridized carbons (Fsp3) is 0.136. The lowest BCUT2D eigenvalue weighted by molar-refractivity contribution is -0.116. The van der Waals surface area contributed by atoms with Gasteiger partial charge in [0.1, 0.15) is 5.82 Å². The number of hydrogen-bond acceptors (Lipinski definition) is 5. The van der Waals surface area contributed by atoms with Crippen molar-refractivity contribution in [2.75, 3.05) is 5.32 Å². The van der Waals surface area contributed by atoms with Crippen molar-refractivity contribution >= 4 is 22.5 Å². The van der Waals surface area contributed by atoms with Crippen molar-refractivity contribution in [3.8, 4) is 11.4 Å². The second kappa shape index (κ2) is 8.43. The molecule has 0 bridgehead atoms. The number of aromatic amines is 1. The molecule has 2 aromatic carbocycles. The van der Waals surface area contributed by atoms with Crippen LogP contribution in [0.3, 0.4) is 0 Å². The van der Waals surface area contributed by atoms with E-state index in [1.54, 1.807) is 30.6 Å². The summed E-state index contributed by atoms with van der Waals surface area (Å²) in [7, 11) is 0. The number of hydrogen-bond donors (Lipinski definition) is 2. The lowest BCUT2D eigenvalue weighted by atomic mass is 10.2. The first-order valence-electron chi connectivity index (χ1n) is 9.34. The van der Waals surface area contributed by atoms with Gasteiger partial charge in [-0.2, -0.15) is 0 Å². The Morgan fingerprint density at radius 1 is 0.966 bits per heavy atom. The standard InChI is InChI=1S/C22H19N5O2/c28-20(25-16-13-23-21(24-14-16)15-7-2-1-3-8-15)12-6-11-19-26-18-10-5-4-9-17(18)22(29)27-19/h1-5,7-10,13-14H,6,11-12H2,(H,25,28)(H,26,27,29). The van der Waals surface area contributed by atoms with Gasteiger partial charge in [0.25, 0.3) is 5.56 Å². The second-order valence-corrected chi connectivity index (χ2v) is 6.59. The van der Waals surface area contributed by atoms with Crippen molar-refractivity contribution < 1.29 is 4.79 Å². The predicted molar refractivity (Wildman–Crippen MR) is 111 cm³/mol. The van der Waals surface area contributed by atoms with E-state index in [1.807, 2.05) is 36.4 Å². The van der Waals surface area contributed by atoms with Crippen LogP contribution in [0.1, 0.15) is 18.7 Å². The minimum absolute atomic E-state index is 0.135. The summed E-state index contributed by atoms with van der Waals surface area (Å²) in [6.07, 6.45) is 4.56. The molecule has 29 heavy (non-hydrogen) atoms. The zero-order valence-corrected chi connectivity index (χ0v) is 15.6. The molecule has 0 radical (unpaired) electrons. The third-order valence-electron chi connectivity index (χ3n) is 4.45. The minimum Gasteiger partial charge on any atom is -0.323 e. The van der Waals surface area contributed by atoms with E-state index in [4.69, 9.17) is 0 Å². The highest BCUT2D eigenvalue weighted by Gasteiger charge is 2.07. The molecule has 0 saturated heterocycles. The smallest absolute Gasteiger partial charge is 0.258 e. The van der Waals surface area contributed by atoms with Crippen molar-refractivity contribution in [3.63, 3.8) is 0 Å². The molecule has 2 heterocycles. The molecule has 0 unspecified atom stereocenters. The summed E-state index contributed by atoms with van der Waals surface area (Å²) >= 11 is 0.